The molecule has 2 aliphatic rings. The molecule has 0 spiro atoms. The molecule has 1 N–H and O–H groups in total. The molecule has 3 rings (SSSR count). The maximum Gasteiger partial charge on any atom is 0.225 e. The first-order valence-electron chi connectivity index (χ1n) is 7.53. The van der Waals surface area contributed by atoms with Gasteiger partial charge in [0.2, 0.25) is 5.95 Å². The van der Waals surface area contributed by atoms with Crippen LogP contribution in [0.2, 0.25) is 0 Å². The van der Waals surface area contributed by atoms with Crippen LogP contribution in [-0.4, -0.2) is 41.8 Å². The van der Waals surface area contributed by atoms with Crippen molar-refractivity contribution in [3.05, 3.63) is 18.0 Å². The SMILES string of the molecule is COC1(C)CCCN(c2ncc(CNC3CC3)cn2)C1. The minimum Gasteiger partial charge on any atom is -0.377 e. The first kappa shape index (κ1) is 13.8. The Hall–Kier alpha value is -1.20. The molecule has 2 heterocycles. The summed E-state index contributed by atoms with van der Waals surface area (Å²) in [5, 5.41) is 3.48. The van der Waals surface area contributed by atoms with E-state index in [2.05, 4.69) is 27.1 Å². The summed E-state index contributed by atoms with van der Waals surface area (Å²) >= 11 is 0. The molecular formula is C15H24N4O. The summed E-state index contributed by atoms with van der Waals surface area (Å²) in [5.41, 5.74) is 1.08. The van der Waals surface area contributed by atoms with Gasteiger partial charge in [0.15, 0.2) is 0 Å². The molecule has 0 bridgehead atoms. The lowest BCUT2D eigenvalue weighted by molar-refractivity contribution is -0.00498. The molecule has 110 valence electrons. The van der Waals surface area contributed by atoms with Gasteiger partial charge in [-0.2, -0.15) is 0 Å². The summed E-state index contributed by atoms with van der Waals surface area (Å²) in [4.78, 5) is 11.3. The second kappa shape index (κ2) is 5.66. The fraction of sp³-hybridized carbons (Fsp3) is 0.733. The standard InChI is InChI=1S/C15H24N4O/c1-15(20-2)6-3-7-19(11-15)14-17-9-12(10-18-14)8-16-13-4-5-13/h9-10,13,16H,3-8,11H2,1-2H3. The van der Waals surface area contributed by atoms with Crippen molar-refractivity contribution in [1.82, 2.24) is 15.3 Å². The zero-order valence-corrected chi connectivity index (χ0v) is 12.4. The maximum atomic E-state index is 5.62. The van der Waals surface area contributed by atoms with E-state index in [1.54, 1.807) is 7.11 Å². The lowest BCUT2D eigenvalue weighted by atomic mass is 9.95. The monoisotopic (exact) mass is 276 g/mol. The average molecular weight is 276 g/mol. The maximum absolute atomic E-state index is 5.62. The number of anilines is 1. The largest absolute Gasteiger partial charge is 0.377 e. The molecule has 0 radical (unpaired) electrons. The van der Waals surface area contributed by atoms with Gasteiger partial charge >= 0.3 is 0 Å². The summed E-state index contributed by atoms with van der Waals surface area (Å²) in [6, 6.07) is 0.721. The number of hydrogen-bond acceptors (Lipinski definition) is 5. The van der Waals surface area contributed by atoms with Crippen LogP contribution in [0.4, 0.5) is 5.95 Å². The second-order valence-electron chi connectivity index (χ2n) is 6.23. The molecule has 1 saturated heterocycles. The van der Waals surface area contributed by atoms with Crippen LogP contribution in [0, 0.1) is 0 Å². The third kappa shape index (κ3) is 3.27. The van der Waals surface area contributed by atoms with Crippen LogP contribution in [0.15, 0.2) is 12.4 Å². The highest BCUT2D eigenvalue weighted by Crippen LogP contribution is 2.26. The quantitative estimate of drug-likeness (QED) is 0.887. The smallest absolute Gasteiger partial charge is 0.225 e. The molecular weight excluding hydrogens is 252 g/mol. The molecule has 0 amide bonds. The van der Waals surface area contributed by atoms with Crippen molar-refractivity contribution >= 4 is 5.95 Å². The third-order valence-electron chi connectivity index (χ3n) is 4.30. The van der Waals surface area contributed by atoms with E-state index in [0.717, 1.165) is 50.0 Å². The zero-order valence-electron chi connectivity index (χ0n) is 12.4. The predicted molar refractivity (Wildman–Crippen MR) is 78.8 cm³/mol. The minimum absolute atomic E-state index is 0.0756. The number of aromatic nitrogens is 2. The van der Waals surface area contributed by atoms with Crippen molar-refractivity contribution in [2.75, 3.05) is 25.1 Å². The van der Waals surface area contributed by atoms with Crippen molar-refractivity contribution in [3.8, 4) is 0 Å². The summed E-state index contributed by atoms with van der Waals surface area (Å²) in [7, 11) is 1.79. The number of rotatable bonds is 5. The molecule has 2 fully saturated rings. The van der Waals surface area contributed by atoms with E-state index in [1.165, 1.54) is 12.8 Å². The number of piperidine rings is 1. The van der Waals surface area contributed by atoms with Crippen LogP contribution in [0.1, 0.15) is 38.2 Å². The molecule has 1 aliphatic carbocycles. The van der Waals surface area contributed by atoms with Gasteiger partial charge in [-0.05, 0) is 32.6 Å². The van der Waals surface area contributed by atoms with Gasteiger partial charge < -0.3 is 15.0 Å². The molecule has 1 saturated carbocycles. The van der Waals surface area contributed by atoms with Gasteiger partial charge in [0.05, 0.1) is 5.60 Å². The summed E-state index contributed by atoms with van der Waals surface area (Å²) < 4.78 is 5.62. The van der Waals surface area contributed by atoms with Gasteiger partial charge in [-0.15, -0.1) is 0 Å². The van der Waals surface area contributed by atoms with Gasteiger partial charge in [0, 0.05) is 50.7 Å². The van der Waals surface area contributed by atoms with Gasteiger partial charge in [-0.25, -0.2) is 9.97 Å². The Balaban J connectivity index is 1.61. The molecule has 20 heavy (non-hydrogen) atoms. The summed E-state index contributed by atoms with van der Waals surface area (Å²) in [6.45, 7) is 4.91. The molecule has 5 nitrogen and oxygen atoms in total. The number of methoxy groups -OCH3 is 1. The average Bonchev–Trinajstić information content (AvgIpc) is 3.30. The van der Waals surface area contributed by atoms with Crippen molar-refractivity contribution in [2.24, 2.45) is 0 Å². The second-order valence-corrected chi connectivity index (χ2v) is 6.23. The topological polar surface area (TPSA) is 50.3 Å². The molecule has 1 atom stereocenters. The highest BCUT2D eigenvalue weighted by atomic mass is 16.5. The molecule has 1 aromatic rings. The molecule has 0 aromatic carbocycles. The van der Waals surface area contributed by atoms with Crippen molar-refractivity contribution < 1.29 is 4.74 Å². The number of hydrogen-bond donors (Lipinski definition) is 1. The first-order valence-corrected chi connectivity index (χ1v) is 7.53. The summed E-state index contributed by atoms with van der Waals surface area (Å²) in [6.07, 6.45) is 8.72. The number of ether oxygens (including phenoxy) is 1. The van der Waals surface area contributed by atoms with Crippen molar-refractivity contribution in [3.63, 3.8) is 0 Å². The fourth-order valence-corrected chi connectivity index (χ4v) is 2.70. The van der Waals surface area contributed by atoms with E-state index in [1.807, 2.05) is 12.4 Å². The van der Waals surface area contributed by atoms with Crippen LogP contribution < -0.4 is 10.2 Å². The zero-order chi connectivity index (χ0) is 14.0. The van der Waals surface area contributed by atoms with E-state index in [-0.39, 0.29) is 5.60 Å². The number of nitrogens with one attached hydrogen (secondary N) is 1. The lowest BCUT2D eigenvalue weighted by Gasteiger charge is -2.39. The third-order valence-corrected chi connectivity index (χ3v) is 4.30. The van der Waals surface area contributed by atoms with Gasteiger partial charge in [-0.3, -0.25) is 0 Å². The minimum atomic E-state index is -0.0756. The van der Waals surface area contributed by atoms with Crippen LogP contribution >= 0.6 is 0 Å². The van der Waals surface area contributed by atoms with E-state index in [4.69, 9.17) is 4.74 Å². The fourth-order valence-electron chi connectivity index (χ4n) is 2.70. The van der Waals surface area contributed by atoms with Crippen LogP contribution in [-0.2, 0) is 11.3 Å². The van der Waals surface area contributed by atoms with Crippen molar-refractivity contribution in [1.29, 1.82) is 0 Å². The van der Waals surface area contributed by atoms with Crippen LogP contribution in [0.3, 0.4) is 0 Å². The Kier molecular flexibility index (Phi) is 3.89. The van der Waals surface area contributed by atoms with Gasteiger partial charge in [0.1, 0.15) is 0 Å². The van der Waals surface area contributed by atoms with E-state index in [9.17, 15) is 0 Å². The Morgan fingerprint density at radius 1 is 1.40 bits per heavy atom. The molecule has 1 aliphatic heterocycles. The predicted octanol–water partition coefficient (Wildman–Crippen LogP) is 1.73. The normalized spacial score (nSPS) is 26.8. The van der Waals surface area contributed by atoms with E-state index < -0.39 is 0 Å². The highest BCUT2D eigenvalue weighted by Gasteiger charge is 2.31. The van der Waals surface area contributed by atoms with Gasteiger partial charge in [0.25, 0.3) is 0 Å². The molecule has 5 heteroatoms. The van der Waals surface area contributed by atoms with Crippen LogP contribution in [0.5, 0.6) is 0 Å². The molecule has 1 unspecified atom stereocenters. The Morgan fingerprint density at radius 3 is 2.80 bits per heavy atom. The Morgan fingerprint density at radius 2 is 2.15 bits per heavy atom. The van der Waals surface area contributed by atoms with E-state index in [0.29, 0.717) is 0 Å². The van der Waals surface area contributed by atoms with Crippen LogP contribution in [0.25, 0.3) is 0 Å². The van der Waals surface area contributed by atoms with E-state index >= 15 is 0 Å². The Bertz CT molecular complexity index is 446. The number of nitrogens with zero attached hydrogens (tertiary/aromatic N) is 3. The van der Waals surface area contributed by atoms with Crippen molar-refractivity contribution in [2.45, 2.75) is 50.8 Å². The lowest BCUT2D eigenvalue weighted by Crippen LogP contribution is -2.48. The van der Waals surface area contributed by atoms with Gasteiger partial charge in [-0.1, -0.05) is 0 Å². The summed E-state index contributed by atoms with van der Waals surface area (Å²) in [5.74, 6) is 0.822. The molecule has 1 aromatic heterocycles. The first-order chi connectivity index (χ1) is 9.68. The highest BCUT2D eigenvalue weighted by molar-refractivity contribution is 5.31. The Labute approximate surface area is 120 Å².